The standard InChI is InChI=1S/C21H27N3O6S/c1-22(16-17-3-2-10-30-17)21(25)19-15-18(31(26,27)24-8-13-29-14-9-24)4-5-20(19)23-6-11-28-12-7-23/h2-5,10,15H,6-9,11-14,16H2,1H3. The molecule has 0 N–H and O–H groups in total. The van der Waals surface area contributed by atoms with Gasteiger partial charge >= 0.3 is 0 Å². The van der Waals surface area contributed by atoms with Crippen molar-refractivity contribution < 1.29 is 27.1 Å². The van der Waals surface area contributed by atoms with E-state index in [-0.39, 0.29) is 17.3 Å². The van der Waals surface area contributed by atoms with Gasteiger partial charge in [0.1, 0.15) is 5.76 Å². The molecule has 2 aliphatic heterocycles. The molecule has 3 heterocycles. The molecule has 1 amide bonds. The Morgan fingerprint density at radius 1 is 1.03 bits per heavy atom. The molecule has 0 atom stereocenters. The van der Waals surface area contributed by atoms with Gasteiger partial charge in [-0.05, 0) is 30.3 Å². The number of rotatable bonds is 6. The molecule has 0 bridgehead atoms. The van der Waals surface area contributed by atoms with Crippen LogP contribution in [0.4, 0.5) is 5.69 Å². The molecule has 0 radical (unpaired) electrons. The van der Waals surface area contributed by atoms with E-state index in [2.05, 4.69) is 4.90 Å². The first kappa shape index (κ1) is 21.8. The molecule has 10 heteroatoms. The van der Waals surface area contributed by atoms with E-state index in [1.165, 1.54) is 15.3 Å². The molecule has 0 spiro atoms. The quantitative estimate of drug-likeness (QED) is 0.658. The lowest BCUT2D eigenvalue weighted by Gasteiger charge is -2.32. The van der Waals surface area contributed by atoms with Crippen LogP contribution in [0, 0.1) is 0 Å². The van der Waals surface area contributed by atoms with Crippen molar-refractivity contribution in [3.63, 3.8) is 0 Å². The van der Waals surface area contributed by atoms with E-state index in [0.717, 1.165) is 0 Å². The van der Waals surface area contributed by atoms with Crippen LogP contribution in [0.15, 0.2) is 45.9 Å². The van der Waals surface area contributed by atoms with E-state index in [1.807, 2.05) is 0 Å². The maximum absolute atomic E-state index is 13.4. The predicted molar refractivity (Wildman–Crippen MR) is 114 cm³/mol. The molecule has 2 saturated heterocycles. The fourth-order valence-corrected chi connectivity index (χ4v) is 5.21. The number of carbonyl (C=O) groups excluding carboxylic acids is 1. The average Bonchev–Trinajstić information content (AvgIpc) is 3.32. The summed E-state index contributed by atoms with van der Waals surface area (Å²) in [5.41, 5.74) is 1.06. The molecule has 0 aliphatic carbocycles. The maximum atomic E-state index is 13.4. The van der Waals surface area contributed by atoms with Crippen molar-refractivity contribution in [1.29, 1.82) is 0 Å². The average molecular weight is 450 g/mol. The lowest BCUT2D eigenvalue weighted by molar-refractivity contribution is 0.0730. The van der Waals surface area contributed by atoms with Crippen molar-refractivity contribution in [3.05, 3.63) is 47.9 Å². The highest BCUT2D eigenvalue weighted by Gasteiger charge is 2.29. The predicted octanol–water partition coefficient (Wildman–Crippen LogP) is 1.41. The lowest BCUT2D eigenvalue weighted by atomic mass is 10.1. The number of carbonyl (C=O) groups is 1. The topological polar surface area (TPSA) is 92.5 Å². The maximum Gasteiger partial charge on any atom is 0.256 e. The third-order valence-electron chi connectivity index (χ3n) is 5.48. The Morgan fingerprint density at radius 2 is 1.71 bits per heavy atom. The first-order valence-corrected chi connectivity index (χ1v) is 11.7. The second-order valence-electron chi connectivity index (χ2n) is 7.54. The molecule has 2 aromatic rings. The second kappa shape index (κ2) is 9.39. The van der Waals surface area contributed by atoms with Crippen molar-refractivity contribution in [1.82, 2.24) is 9.21 Å². The molecule has 4 rings (SSSR count). The highest BCUT2D eigenvalue weighted by atomic mass is 32.2. The molecule has 9 nitrogen and oxygen atoms in total. The molecule has 168 valence electrons. The van der Waals surface area contributed by atoms with Gasteiger partial charge in [0.15, 0.2) is 0 Å². The molecular formula is C21H27N3O6S. The van der Waals surface area contributed by atoms with E-state index in [1.54, 1.807) is 37.6 Å². The normalized spacial score (nSPS) is 18.2. The molecule has 0 saturated carbocycles. The highest BCUT2D eigenvalue weighted by Crippen LogP contribution is 2.28. The summed E-state index contributed by atoms with van der Waals surface area (Å²) in [4.78, 5) is 17.1. The summed E-state index contributed by atoms with van der Waals surface area (Å²) >= 11 is 0. The number of hydrogen-bond donors (Lipinski definition) is 0. The minimum atomic E-state index is -3.72. The summed E-state index contributed by atoms with van der Waals surface area (Å²) in [5, 5.41) is 0. The molecular weight excluding hydrogens is 422 g/mol. The number of benzene rings is 1. The molecule has 0 unspecified atom stereocenters. The first-order chi connectivity index (χ1) is 15.0. The van der Waals surface area contributed by atoms with Gasteiger partial charge in [0, 0.05) is 38.9 Å². The summed E-state index contributed by atoms with van der Waals surface area (Å²) in [6.07, 6.45) is 1.56. The zero-order valence-electron chi connectivity index (χ0n) is 17.5. The molecule has 1 aromatic carbocycles. The van der Waals surface area contributed by atoms with Gasteiger partial charge in [0.05, 0.1) is 49.7 Å². The Kier molecular flexibility index (Phi) is 6.61. The summed E-state index contributed by atoms with van der Waals surface area (Å²) in [5.74, 6) is 0.387. The Hall–Kier alpha value is -2.40. The van der Waals surface area contributed by atoms with Crippen LogP contribution in [-0.4, -0.2) is 83.2 Å². The summed E-state index contributed by atoms with van der Waals surface area (Å²) in [7, 11) is -2.04. The van der Waals surface area contributed by atoms with Gasteiger partial charge in [-0.3, -0.25) is 4.79 Å². The van der Waals surface area contributed by atoms with Crippen LogP contribution in [0.3, 0.4) is 0 Å². The van der Waals surface area contributed by atoms with E-state index >= 15 is 0 Å². The SMILES string of the molecule is CN(Cc1ccco1)C(=O)c1cc(S(=O)(=O)N2CCOCC2)ccc1N1CCOCC1. The van der Waals surface area contributed by atoms with Gasteiger partial charge in [-0.25, -0.2) is 8.42 Å². The molecule has 1 aromatic heterocycles. The van der Waals surface area contributed by atoms with Gasteiger partial charge in [-0.1, -0.05) is 0 Å². The second-order valence-corrected chi connectivity index (χ2v) is 9.47. The van der Waals surface area contributed by atoms with Crippen molar-refractivity contribution in [2.24, 2.45) is 0 Å². The highest BCUT2D eigenvalue weighted by molar-refractivity contribution is 7.89. The molecule has 2 aliphatic rings. The molecule has 31 heavy (non-hydrogen) atoms. The van der Waals surface area contributed by atoms with Crippen molar-refractivity contribution in [3.8, 4) is 0 Å². The minimum absolute atomic E-state index is 0.112. The number of amides is 1. The van der Waals surface area contributed by atoms with Gasteiger partial charge < -0.3 is 23.7 Å². The minimum Gasteiger partial charge on any atom is -0.467 e. The van der Waals surface area contributed by atoms with E-state index < -0.39 is 10.0 Å². The van der Waals surface area contributed by atoms with Crippen LogP contribution in [-0.2, 0) is 26.0 Å². The van der Waals surface area contributed by atoms with Crippen LogP contribution < -0.4 is 4.90 Å². The van der Waals surface area contributed by atoms with E-state index in [4.69, 9.17) is 13.9 Å². The van der Waals surface area contributed by atoms with E-state index in [9.17, 15) is 13.2 Å². The summed E-state index contributed by atoms with van der Waals surface area (Å²) in [6.45, 7) is 4.01. The first-order valence-electron chi connectivity index (χ1n) is 10.3. The largest absolute Gasteiger partial charge is 0.467 e. The van der Waals surface area contributed by atoms with Crippen molar-refractivity contribution in [2.75, 3.05) is 64.6 Å². The Morgan fingerprint density at radius 3 is 2.35 bits per heavy atom. The fourth-order valence-electron chi connectivity index (χ4n) is 3.78. The zero-order chi connectivity index (χ0) is 21.8. The van der Waals surface area contributed by atoms with Crippen LogP contribution in [0.5, 0.6) is 0 Å². The number of anilines is 1. The van der Waals surface area contributed by atoms with Crippen molar-refractivity contribution in [2.45, 2.75) is 11.4 Å². The Bertz CT molecular complexity index is 996. The third kappa shape index (κ3) is 4.77. The van der Waals surface area contributed by atoms with Gasteiger partial charge in [-0.15, -0.1) is 0 Å². The summed E-state index contributed by atoms with van der Waals surface area (Å²) < 4.78 is 43.8. The number of hydrogen-bond acceptors (Lipinski definition) is 7. The third-order valence-corrected chi connectivity index (χ3v) is 7.37. The number of sulfonamides is 1. The Balaban J connectivity index is 1.68. The monoisotopic (exact) mass is 449 g/mol. The number of morpholine rings is 2. The van der Waals surface area contributed by atoms with Crippen LogP contribution in [0.2, 0.25) is 0 Å². The number of furan rings is 1. The number of nitrogens with zero attached hydrogens (tertiary/aromatic N) is 3. The molecule has 2 fully saturated rings. The zero-order valence-corrected chi connectivity index (χ0v) is 18.3. The number of ether oxygens (including phenoxy) is 2. The van der Waals surface area contributed by atoms with Crippen LogP contribution >= 0.6 is 0 Å². The fraction of sp³-hybridized carbons (Fsp3) is 0.476. The van der Waals surface area contributed by atoms with E-state index in [0.29, 0.717) is 69.6 Å². The van der Waals surface area contributed by atoms with Gasteiger partial charge in [0.25, 0.3) is 5.91 Å². The van der Waals surface area contributed by atoms with Gasteiger partial charge in [-0.2, -0.15) is 4.31 Å². The lowest BCUT2D eigenvalue weighted by Crippen LogP contribution is -2.41. The summed E-state index contributed by atoms with van der Waals surface area (Å²) in [6, 6.07) is 8.37. The van der Waals surface area contributed by atoms with Crippen LogP contribution in [0.1, 0.15) is 16.1 Å². The van der Waals surface area contributed by atoms with Crippen molar-refractivity contribution >= 4 is 21.6 Å². The van der Waals surface area contributed by atoms with Gasteiger partial charge in [0.2, 0.25) is 10.0 Å². The smallest absolute Gasteiger partial charge is 0.256 e. The Labute approximate surface area is 182 Å². The van der Waals surface area contributed by atoms with Crippen LogP contribution in [0.25, 0.3) is 0 Å².